The minimum Gasteiger partial charge on any atom is -0.462 e. The lowest BCUT2D eigenvalue weighted by atomic mass is 9.79. The number of nitrogens with zero attached hydrogens (tertiary/aromatic N) is 1. The second-order valence-corrected chi connectivity index (χ2v) is 15.1. The van der Waals surface area contributed by atoms with Crippen LogP contribution in [-0.2, 0) is 23.6 Å². The molecular formula is C28H45N4O7PS. The number of carbonyl (C=O) groups excluding carboxylic acids is 3. The predicted octanol–water partition coefficient (Wildman–Crippen LogP) is 5.45. The lowest BCUT2D eigenvalue weighted by Crippen LogP contribution is -2.55. The van der Waals surface area contributed by atoms with Gasteiger partial charge < -0.3 is 19.6 Å². The summed E-state index contributed by atoms with van der Waals surface area (Å²) in [5, 5.41) is 5.91. The SMILES string of the molecule is CCC(C)(CC)C(=O)c1sc(N)nc1-c1ccc(P(=O)(NC(C)(C)C(=O)OC(C)C)NC(C)(C)C(=O)OC(C)C)o1. The number of esters is 2. The summed E-state index contributed by atoms with van der Waals surface area (Å²) in [4.78, 5) is 44.1. The maximum Gasteiger partial charge on any atom is 0.326 e. The van der Waals surface area contributed by atoms with E-state index in [2.05, 4.69) is 15.2 Å². The number of anilines is 1. The van der Waals surface area contributed by atoms with E-state index in [1.807, 2.05) is 20.8 Å². The molecule has 0 aromatic carbocycles. The Morgan fingerprint density at radius 2 is 1.41 bits per heavy atom. The topological polar surface area (TPSA) is 163 Å². The van der Waals surface area contributed by atoms with Crippen LogP contribution >= 0.6 is 18.8 Å². The van der Waals surface area contributed by atoms with Crippen LogP contribution in [0.25, 0.3) is 11.5 Å². The van der Waals surface area contributed by atoms with Crippen LogP contribution in [0.2, 0.25) is 0 Å². The second-order valence-electron chi connectivity index (χ2n) is 12.0. The van der Waals surface area contributed by atoms with Crippen LogP contribution in [0, 0.1) is 5.41 Å². The number of carbonyl (C=O) groups is 3. The number of ether oxygens (including phenoxy) is 2. The average Bonchev–Trinajstić information content (AvgIpc) is 3.48. The van der Waals surface area contributed by atoms with Gasteiger partial charge >= 0.3 is 11.9 Å². The summed E-state index contributed by atoms with van der Waals surface area (Å²) in [7, 11) is -4.09. The Kier molecular flexibility index (Phi) is 10.8. The molecule has 0 bridgehead atoms. The smallest absolute Gasteiger partial charge is 0.326 e. The molecule has 2 heterocycles. The number of nitrogen functional groups attached to an aromatic ring is 1. The first kappa shape index (κ1) is 34.7. The van der Waals surface area contributed by atoms with Gasteiger partial charge in [0, 0.05) is 5.41 Å². The van der Waals surface area contributed by atoms with E-state index in [-0.39, 0.29) is 27.9 Å². The third-order valence-corrected chi connectivity index (χ3v) is 10.2. The van der Waals surface area contributed by atoms with Crippen molar-refractivity contribution in [3.05, 3.63) is 17.0 Å². The van der Waals surface area contributed by atoms with Crippen molar-refractivity contribution >= 4 is 47.1 Å². The molecule has 0 radical (unpaired) electrons. The van der Waals surface area contributed by atoms with Gasteiger partial charge in [-0.3, -0.25) is 18.9 Å². The first-order valence-corrected chi connectivity index (χ1v) is 16.3. The number of Topliss-reactive ketones (excluding diaryl/α,β-unsaturated/α-hetero) is 1. The number of furan rings is 1. The van der Waals surface area contributed by atoms with E-state index < -0.39 is 48.1 Å². The average molecular weight is 613 g/mol. The Bertz CT molecular complexity index is 1270. The first-order chi connectivity index (χ1) is 18.7. The summed E-state index contributed by atoms with van der Waals surface area (Å²) in [5.41, 5.74) is 2.61. The zero-order chi connectivity index (χ0) is 31.6. The standard InChI is InChI=1S/C28H45N4O7PS/c1-12-28(11,13-2)22(33)21-20(30-25(29)41-21)18-14-15-19(39-18)40(36,31-26(7,8)23(34)37-16(3)4)32-27(9,10)24(35)38-17(5)6/h14-17H,12-13H2,1-11H3,(H2,29,30)(H2,31,32,36). The minimum absolute atomic E-state index is 0.0953. The van der Waals surface area contributed by atoms with E-state index >= 15 is 0 Å². The van der Waals surface area contributed by atoms with E-state index in [4.69, 9.17) is 19.6 Å². The molecule has 4 N–H and O–H groups in total. The zero-order valence-electron chi connectivity index (χ0n) is 26.0. The van der Waals surface area contributed by atoms with E-state index in [0.29, 0.717) is 17.7 Å². The summed E-state index contributed by atoms with van der Waals surface area (Å²) >= 11 is 1.07. The van der Waals surface area contributed by atoms with Crippen LogP contribution in [0.1, 0.15) is 98.7 Å². The monoisotopic (exact) mass is 612 g/mol. The minimum atomic E-state index is -4.09. The summed E-state index contributed by atoms with van der Waals surface area (Å²) < 4.78 is 31.5. The Balaban J connectivity index is 2.64. The van der Waals surface area contributed by atoms with Crippen LogP contribution in [0.5, 0.6) is 0 Å². The number of rotatable bonds is 14. The fraction of sp³-hybridized carbons (Fsp3) is 0.643. The Labute approximate surface area is 246 Å². The summed E-state index contributed by atoms with van der Waals surface area (Å²) in [6.45, 7) is 18.7. The molecule has 230 valence electrons. The predicted molar refractivity (Wildman–Crippen MR) is 161 cm³/mol. The van der Waals surface area contributed by atoms with Crippen molar-refractivity contribution in [2.45, 2.75) is 112 Å². The van der Waals surface area contributed by atoms with Gasteiger partial charge in [0.2, 0.25) is 0 Å². The molecule has 0 aliphatic heterocycles. The number of nitrogens with two attached hydrogens (primary N) is 1. The molecule has 41 heavy (non-hydrogen) atoms. The largest absolute Gasteiger partial charge is 0.462 e. The lowest BCUT2D eigenvalue weighted by molar-refractivity contribution is -0.153. The summed E-state index contributed by atoms with van der Waals surface area (Å²) in [6, 6.07) is 2.98. The fourth-order valence-corrected chi connectivity index (χ4v) is 7.34. The van der Waals surface area contributed by atoms with Crippen LogP contribution < -0.4 is 21.4 Å². The van der Waals surface area contributed by atoms with Gasteiger partial charge in [-0.25, -0.2) is 15.2 Å². The van der Waals surface area contributed by atoms with Crippen LogP contribution in [0.3, 0.4) is 0 Å². The van der Waals surface area contributed by atoms with Gasteiger partial charge in [-0.15, -0.1) is 0 Å². The molecule has 2 aromatic heterocycles. The Morgan fingerprint density at radius 1 is 0.951 bits per heavy atom. The molecule has 0 atom stereocenters. The number of aromatic nitrogens is 1. The quantitative estimate of drug-likeness (QED) is 0.141. The number of thiazole rings is 1. The molecule has 0 unspecified atom stereocenters. The molecule has 11 nitrogen and oxygen atoms in total. The van der Waals surface area contributed by atoms with Gasteiger partial charge in [0.1, 0.15) is 21.6 Å². The van der Waals surface area contributed by atoms with Gasteiger partial charge in [-0.05, 0) is 80.4 Å². The highest BCUT2D eigenvalue weighted by Crippen LogP contribution is 2.44. The van der Waals surface area contributed by atoms with Crippen molar-refractivity contribution in [2.75, 3.05) is 5.73 Å². The highest BCUT2D eigenvalue weighted by atomic mass is 32.1. The summed E-state index contributed by atoms with van der Waals surface area (Å²) in [5.74, 6) is -1.25. The molecule has 0 fully saturated rings. The maximum absolute atomic E-state index is 14.7. The van der Waals surface area contributed by atoms with E-state index in [0.717, 1.165) is 11.3 Å². The van der Waals surface area contributed by atoms with Crippen LogP contribution in [0.15, 0.2) is 16.5 Å². The number of nitrogens with one attached hydrogen (secondary N) is 2. The second kappa shape index (κ2) is 12.8. The van der Waals surface area contributed by atoms with Crippen molar-refractivity contribution in [3.8, 4) is 11.5 Å². The van der Waals surface area contributed by atoms with Crippen molar-refractivity contribution in [2.24, 2.45) is 5.41 Å². The highest BCUT2D eigenvalue weighted by Gasteiger charge is 2.46. The number of hydrogen-bond donors (Lipinski definition) is 3. The molecule has 2 rings (SSSR count). The Morgan fingerprint density at radius 3 is 1.83 bits per heavy atom. The van der Waals surface area contributed by atoms with Gasteiger partial charge in [-0.2, -0.15) is 0 Å². The van der Waals surface area contributed by atoms with Crippen molar-refractivity contribution in [3.63, 3.8) is 0 Å². The molecule has 0 aliphatic rings. The van der Waals surface area contributed by atoms with Crippen LogP contribution in [0.4, 0.5) is 5.13 Å². The molecule has 0 aliphatic carbocycles. The van der Waals surface area contributed by atoms with Gasteiger partial charge in [-0.1, -0.05) is 32.1 Å². The molecule has 0 amide bonds. The molecule has 0 saturated carbocycles. The third kappa shape index (κ3) is 8.06. The number of hydrogen-bond acceptors (Lipinski definition) is 10. The lowest BCUT2D eigenvalue weighted by Gasteiger charge is -2.34. The van der Waals surface area contributed by atoms with Gasteiger partial charge in [0.25, 0.3) is 7.44 Å². The third-order valence-electron chi connectivity index (χ3n) is 6.67. The van der Waals surface area contributed by atoms with Crippen LogP contribution in [-0.4, -0.2) is 46.0 Å². The molecule has 13 heteroatoms. The van der Waals surface area contributed by atoms with E-state index in [9.17, 15) is 18.9 Å². The van der Waals surface area contributed by atoms with E-state index in [1.165, 1.54) is 39.8 Å². The molecule has 0 saturated heterocycles. The normalized spacial score (nSPS) is 13.1. The van der Waals surface area contributed by atoms with Crippen molar-refractivity contribution in [1.82, 2.24) is 15.2 Å². The Hall–Kier alpha value is -2.53. The fourth-order valence-electron chi connectivity index (χ4n) is 3.87. The molecule has 0 spiro atoms. The number of ketones is 1. The zero-order valence-corrected chi connectivity index (χ0v) is 27.7. The van der Waals surface area contributed by atoms with Crippen molar-refractivity contribution < 1.29 is 32.8 Å². The van der Waals surface area contributed by atoms with E-state index in [1.54, 1.807) is 27.7 Å². The highest BCUT2D eigenvalue weighted by molar-refractivity contribution is 7.67. The molecular weight excluding hydrogens is 567 g/mol. The summed E-state index contributed by atoms with van der Waals surface area (Å²) in [6.07, 6.45) is 0.419. The molecule has 2 aromatic rings. The van der Waals surface area contributed by atoms with Crippen molar-refractivity contribution in [1.29, 1.82) is 0 Å². The first-order valence-electron chi connectivity index (χ1n) is 13.7. The maximum atomic E-state index is 14.7. The van der Waals surface area contributed by atoms with Gasteiger partial charge in [0.05, 0.1) is 12.2 Å². The van der Waals surface area contributed by atoms with Gasteiger partial charge in [0.15, 0.2) is 22.2 Å².